The molecule has 4 N–H and O–H groups in total. The third-order valence-corrected chi connectivity index (χ3v) is 5.10. The van der Waals surface area contributed by atoms with Crippen LogP contribution in [0.25, 0.3) is 0 Å². The van der Waals surface area contributed by atoms with Crippen LogP contribution in [0.4, 0.5) is 0 Å². The first kappa shape index (κ1) is 16.5. The van der Waals surface area contributed by atoms with Crippen molar-refractivity contribution >= 4 is 5.91 Å². The molecule has 0 aromatic carbocycles. The maximum Gasteiger partial charge on any atom is 0.221 e. The molecule has 1 amide bonds. The first-order chi connectivity index (χ1) is 11.3. The minimum Gasteiger partial charge on any atom is -0.356 e. The Bertz CT molecular complexity index is 485. The maximum atomic E-state index is 12.2. The van der Waals surface area contributed by atoms with Crippen molar-refractivity contribution < 1.29 is 4.79 Å². The molecular weight excluding hydrogens is 290 g/mol. The fourth-order valence-corrected chi connectivity index (χ4v) is 3.59. The Labute approximate surface area is 138 Å². The maximum absolute atomic E-state index is 12.2. The van der Waals surface area contributed by atoms with E-state index >= 15 is 0 Å². The van der Waals surface area contributed by atoms with Gasteiger partial charge in [-0.3, -0.25) is 9.69 Å². The molecule has 3 rings (SSSR count). The summed E-state index contributed by atoms with van der Waals surface area (Å²) >= 11 is 0. The van der Waals surface area contributed by atoms with E-state index in [9.17, 15) is 4.79 Å². The lowest BCUT2D eigenvalue weighted by Gasteiger charge is -2.29. The summed E-state index contributed by atoms with van der Waals surface area (Å²) in [4.78, 5) is 22.0. The van der Waals surface area contributed by atoms with Gasteiger partial charge in [0.1, 0.15) is 5.82 Å². The van der Waals surface area contributed by atoms with Crippen LogP contribution in [0.2, 0.25) is 0 Å². The second-order valence-electron chi connectivity index (χ2n) is 6.95. The van der Waals surface area contributed by atoms with Crippen LogP contribution in [0.3, 0.4) is 0 Å². The van der Waals surface area contributed by atoms with E-state index in [0.717, 1.165) is 50.5 Å². The molecule has 1 saturated heterocycles. The van der Waals surface area contributed by atoms with Gasteiger partial charge in [0.25, 0.3) is 0 Å². The van der Waals surface area contributed by atoms with Crippen molar-refractivity contribution in [1.29, 1.82) is 0 Å². The van der Waals surface area contributed by atoms with E-state index in [1.54, 1.807) is 6.20 Å². The Balaban J connectivity index is 1.37. The summed E-state index contributed by atoms with van der Waals surface area (Å²) in [5.41, 5.74) is 5.91. The normalized spacial score (nSPS) is 24.9. The number of rotatable bonds is 9. The number of carbonyl (C=O) groups is 1. The van der Waals surface area contributed by atoms with Gasteiger partial charge in [0, 0.05) is 57.0 Å². The van der Waals surface area contributed by atoms with Gasteiger partial charge in [-0.1, -0.05) is 0 Å². The zero-order valence-electron chi connectivity index (χ0n) is 13.8. The van der Waals surface area contributed by atoms with Crippen LogP contribution < -0.4 is 11.1 Å². The molecule has 2 atom stereocenters. The first-order valence-corrected chi connectivity index (χ1v) is 8.97. The van der Waals surface area contributed by atoms with Gasteiger partial charge in [-0.05, 0) is 38.0 Å². The number of aromatic amines is 1. The lowest BCUT2D eigenvalue weighted by molar-refractivity contribution is -0.122. The smallest absolute Gasteiger partial charge is 0.221 e. The monoisotopic (exact) mass is 319 g/mol. The lowest BCUT2D eigenvalue weighted by atomic mass is 10.1. The second-order valence-corrected chi connectivity index (χ2v) is 6.95. The van der Waals surface area contributed by atoms with Gasteiger partial charge in [-0.15, -0.1) is 0 Å². The number of hydrogen-bond donors (Lipinski definition) is 3. The standard InChI is InChI=1S/C17H29N5O/c18-11-15-6-5-14(22(15)12-13-3-4-13)10-17(23)21-7-1-2-16-19-8-9-20-16/h8-9,13-15H,1-7,10-12,18H2,(H,19,20)(H,21,23)/t14-,15+/m0/s1. The van der Waals surface area contributed by atoms with Gasteiger partial charge in [0.15, 0.2) is 0 Å². The van der Waals surface area contributed by atoms with Crippen LogP contribution in [0.15, 0.2) is 12.4 Å². The predicted molar refractivity (Wildman–Crippen MR) is 89.8 cm³/mol. The first-order valence-electron chi connectivity index (χ1n) is 8.97. The van der Waals surface area contributed by atoms with E-state index in [-0.39, 0.29) is 5.91 Å². The van der Waals surface area contributed by atoms with Crippen molar-refractivity contribution in [3.05, 3.63) is 18.2 Å². The van der Waals surface area contributed by atoms with E-state index in [1.807, 2.05) is 6.20 Å². The topological polar surface area (TPSA) is 87.0 Å². The molecule has 0 spiro atoms. The second kappa shape index (κ2) is 7.93. The van der Waals surface area contributed by atoms with Crippen LogP contribution in [-0.4, -0.2) is 52.5 Å². The molecule has 0 unspecified atom stereocenters. The van der Waals surface area contributed by atoms with Crippen molar-refractivity contribution in [2.45, 2.75) is 57.0 Å². The average Bonchev–Trinajstić information content (AvgIpc) is 3.06. The number of hydrogen-bond acceptors (Lipinski definition) is 4. The minimum atomic E-state index is 0.174. The van der Waals surface area contributed by atoms with Crippen molar-refractivity contribution in [2.75, 3.05) is 19.6 Å². The van der Waals surface area contributed by atoms with Gasteiger partial charge in [-0.25, -0.2) is 4.98 Å². The molecule has 1 aromatic rings. The highest BCUT2D eigenvalue weighted by Gasteiger charge is 2.37. The van der Waals surface area contributed by atoms with Gasteiger partial charge in [0.05, 0.1) is 0 Å². The third kappa shape index (κ3) is 4.78. The number of imidazole rings is 1. The largest absolute Gasteiger partial charge is 0.356 e. The van der Waals surface area contributed by atoms with Crippen molar-refractivity contribution in [3.8, 4) is 0 Å². The number of aryl methyl sites for hydroxylation is 1. The zero-order valence-corrected chi connectivity index (χ0v) is 13.8. The van der Waals surface area contributed by atoms with E-state index in [0.29, 0.717) is 25.0 Å². The Morgan fingerprint density at radius 3 is 2.87 bits per heavy atom. The molecule has 2 aliphatic rings. The Hall–Kier alpha value is -1.40. The van der Waals surface area contributed by atoms with Crippen molar-refractivity contribution in [3.63, 3.8) is 0 Å². The highest BCUT2D eigenvalue weighted by Crippen LogP contribution is 2.35. The summed E-state index contributed by atoms with van der Waals surface area (Å²) in [6.07, 6.45) is 10.9. The number of likely N-dealkylation sites (tertiary alicyclic amines) is 1. The van der Waals surface area contributed by atoms with Crippen LogP contribution >= 0.6 is 0 Å². The number of nitrogens with two attached hydrogens (primary N) is 1. The van der Waals surface area contributed by atoms with Crippen LogP contribution in [0, 0.1) is 5.92 Å². The number of aromatic nitrogens is 2. The zero-order chi connectivity index (χ0) is 16.1. The molecular formula is C17H29N5O. The quantitative estimate of drug-likeness (QED) is 0.594. The summed E-state index contributed by atoms with van der Waals surface area (Å²) in [5, 5.41) is 3.06. The lowest BCUT2D eigenvalue weighted by Crippen LogP contribution is -2.43. The molecule has 0 bridgehead atoms. The van der Waals surface area contributed by atoms with Gasteiger partial charge in [-0.2, -0.15) is 0 Å². The van der Waals surface area contributed by atoms with Crippen molar-refractivity contribution in [2.24, 2.45) is 11.7 Å². The highest BCUT2D eigenvalue weighted by molar-refractivity contribution is 5.76. The number of H-pyrrole nitrogens is 1. The molecule has 1 aromatic heterocycles. The summed E-state index contributed by atoms with van der Waals surface area (Å²) in [6, 6.07) is 0.863. The molecule has 6 heteroatoms. The molecule has 2 fully saturated rings. The Kier molecular flexibility index (Phi) is 5.67. The van der Waals surface area contributed by atoms with E-state index in [2.05, 4.69) is 20.2 Å². The van der Waals surface area contributed by atoms with Crippen molar-refractivity contribution in [1.82, 2.24) is 20.2 Å². The van der Waals surface area contributed by atoms with E-state index < -0.39 is 0 Å². The van der Waals surface area contributed by atoms with Crippen LogP contribution in [0.5, 0.6) is 0 Å². The minimum absolute atomic E-state index is 0.174. The van der Waals surface area contributed by atoms with E-state index in [1.165, 1.54) is 12.8 Å². The number of carbonyl (C=O) groups excluding carboxylic acids is 1. The SMILES string of the molecule is NC[C@H]1CC[C@@H](CC(=O)NCCCc2ncc[nH]2)N1CC1CC1. The molecule has 2 heterocycles. The number of nitrogens with zero attached hydrogens (tertiary/aromatic N) is 2. The number of amides is 1. The molecule has 6 nitrogen and oxygen atoms in total. The Morgan fingerprint density at radius 2 is 2.17 bits per heavy atom. The number of nitrogens with one attached hydrogen (secondary N) is 2. The summed E-state index contributed by atoms with van der Waals surface area (Å²) in [5.74, 6) is 2.00. The van der Waals surface area contributed by atoms with Crippen LogP contribution in [-0.2, 0) is 11.2 Å². The van der Waals surface area contributed by atoms with Gasteiger partial charge in [0.2, 0.25) is 5.91 Å². The van der Waals surface area contributed by atoms with E-state index in [4.69, 9.17) is 5.73 Å². The predicted octanol–water partition coefficient (Wildman–Crippen LogP) is 1.05. The average molecular weight is 319 g/mol. The molecule has 23 heavy (non-hydrogen) atoms. The van der Waals surface area contributed by atoms with Gasteiger partial charge >= 0.3 is 0 Å². The summed E-state index contributed by atoms with van der Waals surface area (Å²) in [7, 11) is 0. The summed E-state index contributed by atoms with van der Waals surface area (Å²) < 4.78 is 0. The van der Waals surface area contributed by atoms with Gasteiger partial charge < -0.3 is 16.0 Å². The molecule has 128 valence electrons. The molecule has 0 radical (unpaired) electrons. The fourth-order valence-electron chi connectivity index (χ4n) is 3.59. The van der Waals surface area contributed by atoms with Crippen LogP contribution in [0.1, 0.15) is 44.3 Å². The molecule has 1 aliphatic carbocycles. The highest BCUT2D eigenvalue weighted by atomic mass is 16.1. The molecule has 1 aliphatic heterocycles. The molecule has 1 saturated carbocycles. The fraction of sp³-hybridized carbons (Fsp3) is 0.765. The third-order valence-electron chi connectivity index (χ3n) is 5.10. The summed E-state index contributed by atoms with van der Waals surface area (Å²) in [6.45, 7) is 2.57. The Morgan fingerprint density at radius 1 is 1.35 bits per heavy atom.